The van der Waals surface area contributed by atoms with Crippen molar-refractivity contribution in [2.24, 2.45) is 0 Å². The van der Waals surface area contributed by atoms with E-state index >= 15 is 0 Å². The number of nitrogens with one attached hydrogen (secondary N) is 1. The van der Waals surface area contributed by atoms with Gasteiger partial charge in [0, 0.05) is 37.0 Å². The molecule has 1 aromatic heterocycles. The Morgan fingerprint density at radius 2 is 1.96 bits per heavy atom. The fourth-order valence-electron chi connectivity index (χ4n) is 3.62. The number of H-pyrrole nitrogens is 1. The SMILES string of the molecule is CN1Cc2cc(S(C)(=O)=O)ccc2C(c2ccc3cc[nH]c3c2)C1. The van der Waals surface area contributed by atoms with Gasteiger partial charge in [0.2, 0.25) is 0 Å². The predicted octanol–water partition coefficient (Wildman–Crippen LogP) is 3.15. The fourth-order valence-corrected chi connectivity index (χ4v) is 4.29. The maximum atomic E-state index is 11.9. The molecule has 1 N–H and O–H groups in total. The van der Waals surface area contributed by atoms with Crippen LogP contribution in [0.3, 0.4) is 0 Å². The molecule has 1 aliphatic heterocycles. The molecule has 1 atom stereocenters. The monoisotopic (exact) mass is 340 g/mol. The first-order chi connectivity index (χ1) is 11.4. The third-order valence-corrected chi connectivity index (χ3v) is 5.94. The van der Waals surface area contributed by atoms with E-state index in [2.05, 4.69) is 41.2 Å². The molecule has 0 aliphatic carbocycles. The summed E-state index contributed by atoms with van der Waals surface area (Å²) in [4.78, 5) is 5.92. The maximum Gasteiger partial charge on any atom is 0.175 e. The highest BCUT2D eigenvalue weighted by Gasteiger charge is 2.26. The molecule has 0 saturated heterocycles. The van der Waals surface area contributed by atoms with Crippen LogP contribution in [0.1, 0.15) is 22.6 Å². The largest absolute Gasteiger partial charge is 0.361 e. The highest BCUT2D eigenvalue weighted by Crippen LogP contribution is 2.35. The van der Waals surface area contributed by atoms with E-state index in [-0.39, 0.29) is 5.92 Å². The van der Waals surface area contributed by atoms with Crippen LogP contribution in [0.15, 0.2) is 53.6 Å². The van der Waals surface area contributed by atoms with E-state index in [0.29, 0.717) is 4.90 Å². The second kappa shape index (κ2) is 5.46. The van der Waals surface area contributed by atoms with E-state index in [0.717, 1.165) is 24.2 Å². The Bertz CT molecular complexity index is 1020. The Kier molecular flexibility index (Phi) is 3.51. The molecule has 0 radical (unpaired) electrons. The molecule has 0 bridgehead atoms. The molecule has 3 aromatic rings. The lowest BCUT2D eigenvalue weighted by Gasteiger charge is -2.33. The van der Waals surface area contributed by atoms with Crippen molar-refractivity contribution in [3.05, 3.63) is 65.4 Å². The zero-order valence-electron chi connectivity index (χ0n) is 13.8. The number of fused-ring (bicyclic) bond motifs is 2. The fraction of sp³-hybridized carbons (Fsp3) is 0.263. The van der Waals surface area contributed by atoms with Crippen LogP contribution in [0.4, 0.5) is 0 Å². The highest BCUT2D eigenvalue weighted by atomic mass is 32.2. The molecule has 4 nitrogen and oxygen atoms in total. The number of rotatable bonds is 2. The number of nitrogens with zero attached hydrogens (tertiary/aromatic N) is 1. The van der Waals surface area contributed by atoms with Crippen LogP contribution >= 0.6 is 0 Å². The van der Waals surface area contributed by atoms with Crippen LogP contribution in [-0.4, -0.2) is 38.1 Å². The Morgan fingerprint density at radius 1 is 1.12 bits per heavy atom. The van der Waals surface area contributed by atoms with Gasteiger partial charge in [-0.3, -0.25) is 0 Å². The minimum Gasteiger partial charge on any atom is -0.361 e. The lowest BCUT2D eigenvalue weighted by atomic mass is 9.84. The first-order valence-electron chi connectivity index (χ1n) is 8.00. The Balaban J connectivity index is 1.83. The average Bonchev–Trinajstić information content (AvgIpc) is 3.00. The molecule has 5 heteroatoms. The summed E-state index contributed by atoms with van der Waals surface area (Å²) in [6.07, 6.45) is 3.21. The quantitative estimate of drug-likeness (QED) is 0.780. The van der Waals surface area contributed by atoms with Gasteiger partial charge in [-0.15, -0.1) is 0 Å². The maximum absolute atomic E-state index is 11.9. The summed E-state index contributed by atoms with van der Waals surface area (Å²) in [5.41, 5.74) is 4.72. The lowest BCUT2D eigenvalue weighted by Crippen LogP contribution is -2.31. The van der Waals surface area contributed by atoms with Crippen molar-refractivity contribution in [2.45, 2.75) is 17.4 Å². The first kappa shape index (κ1) is 15.4. The predicted molar refractivity (Wildman–Crippen MR) is 96.0 cm³/mol. The van der Waals surface area contributed by atoms with Crippen molar-refractivity contribution in [3.63, 3.8) is 0 Å². The van der Waals surface area contributed by atoms with Crippen LogP contribution in [0.25, 0.3) is 10.9 Å². The smallest absolute Gasteiger partial charge is 0.175 e. The van der Waals surface area contributed by atoms with Gasteiger partial charge >= 0.3 is 0 Å². The van der Waals surface area contributed by atoms with Crippen LogP contribution in [-0.2, 0) is 16.4 Å². The lowest BCUT2D eigenvalue weighted by molar-refractivity contribution is 0.295. The van der Waals surface area contributed by atoms with Gasteiger partial charge in [-0.1, -0.05) is 18.2 Å². The molecule has 124 valence electrons. The van der Waals surface area contributed by atoms with Gasteiger partial charge < -0.3 is 9.88 Å². The molecule has 0 spiro atoms. The summed E-state index contributed by atoms with van der Waals surface area (Å²) in [5, 5.41) is 1.20. The molecule has 2 aromatic carbocycles. The summed E-state index contributed by atoms with van der Waals surface area (Å²) in [5.74, 6) is 0.250. The van der Waals surface area contributed by atoms with Gasteiger partial charge in [-0.05, 0) is 53.4 Å². The number of aromatic nitrogens is 1. The molecule has 0 amide bonds. The van der Waals surface area contributed by atoms with Gasteiger partial charge in [0.15, 0.2) is 9.84 Å². The minimum absolute atomic E-state index is 0.250. The number of benzene rings is 2. The number of hydrogen-bond donors (Lipinski definition) is 1. The molecule has 4 rings (SSSR count). The van der Waals surface area contributed by atoms with Crippen LogP contribution in [0, 0.1) is 0 Å². The Morgan fingerprint density at radius 3 is 2.75 bits per heavy atom. The number of likely N-dealkylation sites (N-methyl/N-ethyl adjacent to an activating group) is 1. The van der Waals surface area contributed by atoms with E-state index in [1.165, 1.54) is 22.8 Å². The van der Waals surface area contributed by atoms with Crippen molar-refractivity contribution in [3.8, 4) is 0 Å². The minimum atomic E-state index is -3.18. The summed E-state index contributed by atoms with van der Waals surface area (Å²) in [6, 6.07) is 14.1. The number of hydrogen-bond acceptors (Lipinski definition) is 3. The first-order valence-corrected chi connectivity index (χ1v) is 9.89. The van der Waals surface area contributed by atoms with Gasteiger partial charge in [0.05, 0.1) is 4.90 Å². The van der Waals surface area contributed by atoms with Crippen molar-refractivity contribution in [2.75, 3.05) is 19.8 Å². The van der Waals surface area contributed by atoms with Crippen molar-refractivity contribution >= 4 is 20.7 Å². The summed E-state index contributed by atoms with van der Waals surface area (Å²) < 4.78 is 23.7. The zero-order valence-corrected chi connectivity index (χ0v) is 14.6. The van der Waals surface area contributed by atoms with Gasteiger partial charge in [-0.25, -0.2) is 8.42 Å². The van der Waals surface area contributed by atoms with Crippen LogP contribution < -0.4 is 0 Å². The van der Waals surface area contributed by atoms with Gasteiger partial charge in [0.1, 0.15) is 0 Å². The van der Waals surface area contributed by atoms with E-state index in [9.17, 15) is 8.42 Å². The molecule has 24 heavy (non-hydrogen) atoms. The normalized spacial score (nSPS) is 18.7. The van der Waals surface area contributed by atoms with Crippen molar-refractivity contribution in [1.82, 2.24) is 9.88 Å². The van der Waals surface area contributed by atoms with E-state index in [1.54, 1.807) is 6.07 Å². The molecule has 1 unspecified atom stereocenters. The molecular formula is C19H20N2O2S. The molecule has 2 heterocycles. The van der Waals surface area contributed by atoms with Crippen molar-refractivity contribution in [1.29, 1.82) is 0 Å². The van der Waals surface area contributed by atoms with Crippen LogP contribution in [0.2, 0.25) is 0 Å². The zero-order chi connectivity index (χ0) is 16.9. The van der Waals surface area contributed by atoms with E-state index in [1.807, 2.05) is 18.3 Å². The summed E-state index contributed by atoms with van der Waals surface area (Å²) in [6.45, 7) is 1.71. The number of aromatic amines is 1. The molecule has 0 fully saturated rings. The molecule has 1 aliphatic rings. The molecule has 0 saturated carbocycles. The van der Waals surface area contributed by atoms with E-state index < -0.39 is 9.84 Å². The van der Waals surface area contributed by atoms with Crippen molar-refractivity contribution < 1.29 is 8.42 Å². The highest BCUT2D eigenvalue weighted by molar-refractivity contribution is 7.90. The third-order valence-electron chi connectivity index (χ3n) is 4.83. The third kappa shape index (κ3) is 2.64. The Hall–Kier alpha value is -2.11. The van der Waals surface area contributed by atoms with Gasteiger partial charge in [-0.2, -0.15) is 0 Å². The van der Waals surface area contributed by atoms with E-state index in [4.69, 9.17) is 0 Å². The second-order valence-electron chi connectivity index (χ2n) is 6.71. The second-order valence-corrected chi connectivity index (χ2v) is 8.72. The topological polar surface area (TPSA) is 53.2 Å². The van der Waals surface area contributed by atoms with Crippen LogP contribution in [0.5, 0.6) is 0 Å². The average molecular weight is 340 g/mol. The van der Waals surface area contributed by atoms with Gasteiger partial charge in [0.25, 0.3) is 0 Å². The summed E-state index contributed by atoms with van der Waals surface area (Å²) in [7, 11) is -1.10. The summed E-state index contributed by atoms with van der Waals surface area (Å²) >= 11 is 0. The Labute approximate surface area is 142 Å². The standard InChI is InChI=1S/C19H20N2O2S/c1-21-11-15-9-16(24(2,22)23)5-6-17(15)18(12-21)14-4-3-13-7-8-20-19(13)10-14/h3-10,18,20H,11-12H2,1-2H3. The number of sulfone groups is 1. The molecular weight excluding hydrogens is 320 g/mol.